The molecule has 5 aromatic rings. The molecule has 6 rings (SSSR count). The number of hydrogen-bond acceptors (Lipinski definition) is 2. The Bertz CT molecular complexity index is 1630. The topological polar surface area (TPSA) is 6.48 Å². The van der Waals surface area contributed by atoms with Crippen LogP contribution in [0.15, 0.2) is 158 Å². The number of allylic oxidation sites excluding steroid dienone is 2. The standard InChI is InChI=1S/C40H38N2/c1-31-16-14-24-37(28-31)41(35-20-10-6-11-21-35)40(27-26-34(30-39(40,3)4)33-18-8-5-9-19-33)42(36-22-12-7-13-23-36)38-25-15-17-32(2)29-38/h5-30H,1-4H3. The van der Waals surface area contributed by atoms with E-state index in [0.717, 1.165) is 22.7 Å². The fourth-order valence-corrected chi connectivity index (χ4v) is 6.37. The highest BCUT2D eigenvalue weighted by molar-refractivity contribution is 5.83. The van der Waals surface area contributed by atoms with Gasteiger partial charge in [-0.25, -0.2) is 0 Å². The summed E-state index contributed by atoms with van der Waals surface area (Å²) in [6, 6.07) is 50.1. The van der Waals surface area contributed by atoms with E-state index >= 15 is 0 Å². The predicted octanol–water partition coefficient (Wildman–Crippen LogP) is 10.7. The molecule has 2 heteroatoms. The van der Waals surface area contributed by atoms with E-state index in [4.69, 9.17) is 0 Å². The second-order valence-electron chi connectivity index (χ2n) is 11.8. The summed E-state index contributed by atoms with van der Waals surface area (Å²) in [4.78, 5) is 5.06. The molecule has 208 valence electrons. The fraction of sp³-hybridized carbons (Fsp3) is 0.150. The van der Waals surface area contributed by atoms with Gasteiger partial charge in [-0.05, 0) is 90.7 Å². The van der Waals surface area contributed by atoms with Crippen LogP contribution in [0.25, 0.3) is 5.57 Å². The van der Waals surface area contributed by atoms with E-state index in [1.54, 1.807) is 0 Å². The van der Waals surface area contributed by atoms with Crippen LogP contribution in [-0.4, -0.2) is 5.66 Å². The van der Waals surface area contributed by atoms with Crippen molar-refractivity contribution in [2.45, 2.75) is 33.4 Å². The minimum Gasteiger partial charge on any atom is -0.313 e. The highest BCUT2D eigenvalue weighted by Gasteiger charge is 2.54. The fourth-order valence-electron chi connectivity index (χ4n) is 6.37. The summed E-state index contributed by atoms with van der Waals surface area (Å²) in [7, 11) is 0. The summed E-state index contributed by atoms with van der Waals surface area (Å²) in [5.41, 5.74) is 8.39. The maximum absolute atomic E-state index is 2.53. The first-order chi connectivity index (χ1) is 20.4. The Morgan fingerprint density at radius 2 is 0.905 bits per heavy atom. The van der Waals surface area contributed by atoms with Gasteiger partial charge < -0.3 is 9.80 Å². The summed E-state index contributed by atoms with van der Waals surface area (Å²) >= 11 is 0. The van der Waals surface area contributed by atoms with Crippen LogP contribution in [0.3, 0.4) is 0 Å². The van der Waals surface area contributed by atoms with Crippen molar-refractivity contribution in [1.82, 2.24) is 0 Å². The first kappa shape index (κ1) is 27.4. The van der Waals surface area contributed by atoms with E-state index in [-0.39, 0.29) is 5.41 Å². The third-order valence-electron chi connectivity index (χ3n) is 8.30. The maximum Gasteiger partial charge on any atom is 0.150 e. The Morgan fingerprint density at radius 3 is 1.33 bits per heavy atom. The number of aryl methyl sites for hydroxylation is 2. The predicted molar refractivity (Wildman–Crippen MR) is 180 cm³/mol. The van der Waals surface area contributed by atoms with Crippen molar-refractivity contribution < 1.29 is 0 Å². The lowest BCUT2D eigenvalue weighted by atomic mass is 9.70. The van der Waals surface area contributed by atoms with Crippen LogP contribution in [0.2, 0.25) is 0 Å². The molecule has 0 aliphatic heterocycles. The van der Waals surface area contributed by atoms with Gasteiger partial charge in [0.25, 0.3) is 0 Å². The smallest absolute Gasteiger partial charge is 0.150 e. The lowest BCUT2D eigenvalue weighted by Gasteiger charge is -2.59. The molecule has 1 aliphatic rings. The van der Waals surface area contributed by atoms with Crippen molar-refractivity contribution in [2.75, 3.05) is 9.80 Å². The van der Waals surface area contributed by atoms with Gasteiger partial charge in [0.2, 0.25) is 0 Å². The summed E-state index contributed by atoms with van der Waals surface area (Å²) < 4.78 is 0. The molecule has 0 spiro atoms. The molecule has 2 nitrogen and oxygen atoms in total. The van der Waals surface area contributed by atoms with Crippen LogP contribution in [0.1, 0.15) is 30.5 Å². The largest absolute Gasteiger partial charge is 0.313 e. The van der Waals surface area contributed by atoms with E-state index in [2.05, 4.69) is 195 Å². The molecule has 0 atom stereocenters. The first-order valence-corrected chi connectivity index (χ1v) is 14.7. The highest BCUT2D eigenvalue weighted by atomic mass is 15.4. The van der Waals surface area contributed by atoms with E-state index in [1.165, 1.54) is 22.3 Å². The minimum absolute atomic E-state index is 0.383. The molecule has 0 amide bonds. The number of nitrogens with zero attached hydrogens (tertiary/aromatic N) is 2. The molecule has 0 aromatic heterocycles. The molecule has 0 N–H and O–H groups in total. The number of hydrogen-bond donors (Lipinski definition) is 0. The third-order valence-corrected chi connectivity index (χ3v) is 8.30. The van der Waals surface area contributed by atoms with E-state index in [0.29, 0.717) is 0 Å². The SMILES string of the molecule is Cc1cccc(N(c2ccccc2)C2(N(c3ccccc3)c3cccc(C)c3)C=CC(c3ccccc3)=CC2(C)C)c1. The van der Waals surface area contributed by atoms with Gasteiger partial charge in [0, 0.05) is 28.2 Å². The van der Waals surface area contributed by atoms with Gasteiger partial charge in [0.1, 0.15) is 5.66 Å². The van der Waals surface area contributed by atoms with Gasteiger partial charge in [-0.2, -0.15) is 0 Å². The highest BCUT2D eigenvalue weighted by Crippen LogP contribution is 2.54. The Labute approximate surface area is 250 Å². The van der Waals surface area contributed by atoms with Crippen molar-refractivity contribution in [2.24, 2.45) is 5.41 Å². The van der Waals surface area contributed by atoms with E-state index in [1.807, 2.05) is 0 Å². The number of benzene rings is 5. The maximum atomic E-state index is 2.53. The zero-order valence-corrected chi connectivity index (χ0v) is 24.9. The van der Waals surface area contributed by atoms with E-state index < -0.39 is 5.66 Å². The second kappa shape index (κ2) is 11.2. The molecule has 0 radical (unpaired) electrons. The zero-order chi connectivity index (χ0) is 29.2. The lowest BCUT2D eigenvalue weighted by Crippen LogP contribution is -2.65. The third kappa shape index (κ3) is 4.94. The van der Waals surface area contributed by atoms with Gasteiger partial charge in [-0.15, -0.1) is 0 Å². The van der Waals surface area contributed by atoms with Crippen LogP contribution in [-0.2, 0) is 0 Å². The van der Waals surface area contributed by atoms with Crippen molar-refractivity contribution in [1.29, 1.82) is 0 Å². The lowest BCUT2D eigenvalue weighted by molar-refractivity contribution is 0.283. The molecule has 0 unspecified atom stereocenters. The van der Waals surface area contributed by atoms with Gasteiger partial charge >= 0.3 is 0 Å². The van der Waals surface area contributed by atoms with Crippen molar-refractivity contribution in [3.05, 3.63) is 174 Å². The molecule has 1 aliphatic carbocycles. The van der Waals surface area contributed by atoms with Crippen LogP contribution in [0, 0.1) is 19.3 Å². The van der Waals surface area contributed by atoms with Gasteiger partial charge in [-0.1, -0.05) is 117 Å². The Morgan fingerprint density at radius 1 is 0.476 bits per heavy atom. The average Bonchev–Trinajstić information content (AvgIpc) is 3.00. The molecule has 0 heterocycles. The number of para-hydroxylation sites is 2. The monoisotopic (exact) mass is 546 g/mol. The summed E-state index contributed by atoms with van der Waals surface area (Å²) in [6.07, 6.45) is 7.21. The first-order valence-electron chi connectivity index (χ1n) is 14.7. The second-order valence-corrected chi connectivity index (χ2v) is 11.8. The van der Waals surface area contributed by atoms with Crippen LogP contribution in [0.5, 0.6) is 0 Å². The normalized spacial score (nSPS) is 15.1. The van der Waals surface area contributed by atoms with Gasteiger partial charge in [-0.3, -0.25) is 0 Å². The summed E-state index contributed by atoms with van der Waals surface area (Å²) in [6.45, 7) is 9.09. The van der Waals surface area contributed by atoms with E-state index in [9.17, 15) is 0 Å². The Balaban J connectivity index is 1.71. The molecule has 5 aromatic carbocycles. The van der Waals surface area contributed by atoms with Crippen LogP contribution in [0.4, 0.5) is 22.7 Å². The van der Waals surface area contributed by atoms with Gasteiger partial charge in [0.15, 0.2) is 0 Å². The average molecular weight is 547 g/mol. The van der Waals surface area contributed by atoms with Crippen molar-refractivity contribution >= 4 is 28.3 Å². The number of rotatable bonds is 7. The zero-order valence-electron chi connectivity index (χ0n) is 24.9. The molecule has 0 fully saturated rings. The minimum atomic E-state index is -0.671. The quantitative estimate of drug-likeness (QED) is 0.187. The number of anilines is 4. The molecule has 0 bridgehead atoms. The summed E-state index contributed by atoms with van der Waals surface area (Å²) in [5.74, 6) is 0. The Hall–Kier alpha value is -4.82. The van der Waals surface area contributed by atoms with Crippen LogP contribution >= 0.6 is 0 Å². The molecule has 0 saturated heterocycles. The molecule has 42 heavy (non-hydrogen) atoms. The van der Waals surface area contributed by atoms with Crippen molar-refractivity contribution in [3.63, 3.8) is 0 Å². The van der Waals surface area contributed by atoms with Crippen LogP contribution < -0.4 is 9.80 Å². The Kier molecular flexibility index (Phi) is 7.31. The molecular weight excluding hydrogens is 508 g/mol. The van der Waals surface area contributed by atoms with Crippen molar-refractivity contribution in [3.8, 4) is 0 Å². The summed E-state index contributed by atoms with van der Waals surface area (Å²) in [5, 5.41) is 0. The molecule has 0 saturated carbocycles. The van der Waals surface area contributed by atoms with Gasteiger partial charge in [0.05, 0.1) is 0 Å². The molecular formula is C40H38N2.